The Morgan fingerprint density at radius 1 is 1.39 bits per heavy atom. The third-order valence-electron chi connectivity index (χ3n) is 2.57. The van der Waals surface area contributed by atoms with Crippen molar-refractivity contribution in [2.45, 2.75) is 26.2 Å². The first kappa shape index (κ1) is 13.4. The summed E-state index contributed by atoms with van der Waals surface area (Å²) in [6, 6.07) is 1.91. The molecule has 2 heterocycles. The van der Waals surface area contributed by atoms with Gasteiger partial charge in [-0.3, -0.25) is 4.68 Å². The third-order valence-corrected chi connectivity index (χ3v) is 3.90. The highest BCUT2D eigenvalue weighted by Gasteiger charge is 2.20. The van der Waals surface area contributed by atoms with Crippen LogP contribution >= 0.6 is 28.1 Å². The van der Waals surface area contributed by atoms with Gasteiger partial charge in [-0.05, 0) is 22.0 Å². The molecule has 0 saturated heterocycles. The minimum Gasteiger partial charge on any atom is -0.340 e. The number of rotatable bonds is 1. The largest absolute Gasteiger partial charge is 0.340 e. The first-order chi connectivity index (χ1) is 8.29. The van der Waals surface area contributed by atoms with Gasteiger partial charge in [0.2, 0.25) is 0 Å². The standard InChI is InChI=1S/C12H15BrN4S/c1-12(2,3)9-8(13)11(18)15-10(14-9)7-5-6-17(4)16-7/h5-6H,1-4H3,(H,14,15,18). The molecule has 0 fully saturated rings. The fourth-order valence-electron chi connectivity index (χ4n) is 1.64. The first-order valence-electron chi connectivity index (χ1n) is 5.59. The second-order valence-corrected chi connectivity index (χ2v) is 6.38. The van der Waals surface area contributed by atoms with Crippen LogP contribution < -0.4 is 0 Å². The Balaban J connectivity index is 2.65. The van der Waals surface area contributed by atoms with E-state index in [4.69, 9.17) is 12.2 Å². The van der Waals surface area contributed by atoms with E-state index in [0.29, 0.717) is 10.5 Å². The number of H-pyrrole nitrogens is 1. The van der Waals surface area contributed by atoms with Crippen molar-refractivity contribution in [3.63, 3.8) is 0 Å². The van der Waals surface area contributed by atoms with Crippen LogP contribution in [0.3, 0.4) is 0 Å². The zero-order valence-corrected chi connectivity index (χ0v) is 13.2. The summed E-state index contributed by atoms with van der Waals surface area (Å²) in [5, 5.41) is 4.34. The van der Waals surface area contributed by atoms with E-state index in [2.05, 4.69) is 51.8 Å². The highest BCUT2D eigenvalue weighted by molar-refractivity contribution is 9.10. The van der Waals surface area contributed by atoms with Gasteiger partial charge in [0.15, 0.2) is 5.82 Å². The van der Waals surface area contributed by atoms with Gasteiger partial charge >= 0.3 is 0 Å². The van der Waals surface area contributed by atoms with Crippen LogP contribution in [0.4, 0.5) is 0 Å². The lowest BCUT2D eigenvalue weighted by Crippen LogP contribution is -2.16. The summed E-state index contributed by atoms with van der Waals surface area (Å²) in [4.78, 5) is 7.69. The normalized spacial score (nSPS) is 11.8. The van der Waals surface area contributed by atoms with Gasteiger partial charge in [0.25, 0.3) is 0 Å². The summed E-state index contributed by atoms with van der Waals surface area (Å²) in [5.41, 5.74) is 1.78. The van der Waals surface area contributed by atoms with E-state index < -0.39 is 0 Å². The van der Waals surface area contributed by atoms with Gasteiger partial charge in [0.1, 0.15) is 10.3 Å². The second kappa shape index (κ2) is 4.59. The molecule has 0 aliphatic rings. The number of aryl methyl sites for hydroxylation is 1. The Morgan fingerprint density at radius 3 is 2.56 bits per heavy atom. The molecule has 0 amide bonds. The minimum atomic E-state index is -0.0428. The number of nitrogens with one attached hydrogen (secondary N) is 1. The Kier molecular flexibility index (Phi) is 3.42. The minimum absolute atomic E-state index is 0.0428. The molecule has 0 saturated carbocycles. The number of hydrogen-bond acceptors (Lipinski definition) is 3. The van der Waals surface area contributed by atoms with Gasteiger partial charge in [-0.25, -0.2) is 4.98 Å². The predicted octanol–water partition coefficient (Wildman–Crippen LogP) is 3.60. The SMILES string of the molecule is Cn1ccc(-c2nc(=S)c(Br)c(C(C)(C)C)[nH]2)n1. The summed E-state index contributed by atoms with van der Waals surface area (Å²) in [6.45, 7) is 6.38. The summed E-state index contributed by atoms with van der Waals surface area (Å²) in [5.74, 6) is 0.703. The molecule has 18 heavy (non-hydrogen) atoms. The van der Waals surface area contributed by atoms with Crippen molar-refractivity contribution in [2.75, 3.05) is 0 Å². The molecule has 0 unspecified atom stereocenters. The van der Waals surface area contributed by atoms with Crippen molar-refractivity contribution >= 4 is 28.1 Å². The van der Waals surface area contributed by atoms with Gasteiger partial charge in [0.05, 0.1) is 4.47 Å². The molecule has 6 heteroatoms. The monoisotopic (exact) mass is 326 g/mol. The van der Waals surface area contributed by atoms with Crippen LogP contribution in [0.15, 0.2) is 16.7 Å². The molecule has 2 aromatic heterocycles. The molecule has 0 aliphatic carbocycles. The van der Waals surface area contributed by atoms with E-state index in [1.807, 2.05) is 19.3 Å². The zero-order valence-electron chi connectivity index (χ0n) is 10.8. The maximum atomic E-state index is 5.29. The molecule has 0 bridgehead atoms. The van der Waals surface area contributed by atoms with Crippen molar-refractivity contribution in [1.82, 2.24) is 19.7 Å². The molecule has 0 aromatic carbocycles. The molecule has 96 valence electrons. The average molecular weight is 327 g/mol. The van der Waals surface area contributed by atoms with E-state index in [1.165, 1.54) is 0 Å². The van der Waals surface area contributed by atoms with Crippen molar-refractivity contribution < 1.29 is 0 Å². The Labute approximate surface area is 120 Å². The topological polar surface area (TPSA) is 46.5 Å². The molecule has 2 rings (SSSR count). The number of aromatic nitrogens is 4. The summed E-state index contributed by atoms with van der Waals surface area (Å²) < 4.78 is 3.15. The lowest BCUT2D eigenvalue weighted by atomic mass is 9.92. The third kappa shape index (κ3) is 2.54. The molecular formula is C12H15BrN4S. The van der Waals surface area contributed by atoms with Crippen LogP contribution in [0.5, 0.6) is 0 Å². The molecular weight excluding hydrogens is 312 g/mol. The fourth-order valence-corrected chi connectivity index (χ4v) is 2.61. The number of hydrogen-bond donors (Lipinski definition) is 1. The summed E-state index contributed by atoms with van der Waals surface area (Å²) >= 11 is 8.80. The molecule has 4 nitrogen and oxygen atoms in total. The van der Waals surface area contributed by atoms with Crippen LogP contribution in [-0.2, 0) is 12.5 Å². The van der Waals surface area contributed by atoms with Crippen molar-refractivity contribution in [3.05, 3.63) is 27.1 Å². The lowest BCUT2D eigenvalue weighted by Gasteiger charge is -2.21. The van der Waals surface area contributed by atoms with E-state index in [0.717, 1.165) is 15.9 Å². The molecule has 0 spiro atoms. The van der Waals surface area contributed by atoms with E-state index in [-0.39, 0.29) is 5.41 Å². The average Bonchev–Trinajstić information content (AvgIpc) is 2.67. The van der Waals surface area contributed by atoms with E-state index in [9.17, 15) is 0 Å². The quantitative estimate of drug-likeness (QED) is 0.814. The van der Waals surface area contributed by atoms with Gasteiger partial charge < -0.3 is 4.98 Å². The van der Waals surface area contributed by atoms with Crippen LogP contribution in [0, 0.1) is 4.64 Å². The van der Waals surface area contributed by atoms with Crippen LogP contribution in [0.25, 0.3) is 11.5 Å². The number of nitrogens with zero attached hydrogens (tertiary/aromatic N) is 3. The summed E-state index contributed by atoms with van der Waals surface area (Å²) in [6.07, 6.45) is 1.88. The fraction of sp³-hybridized carbons (Fsp3) is 0.417. The predicted molar refractivity (Wildman–Crippen MR) is 78.0 cm³/mol. The number of halogens is 1. The van der Waals surface area contributed by atoms with Gasteiger partial charge in [-0.15, -0.1) is 0 Å². The van der Waals surface area contributed by atoms with Crippen LogP contribution in [0.2, 0.25) is 0 Å². The second-order valence-electron chi connectivity index (χ2n) is 5.20. The van der Waals surface area contributed by atoms with Gasteiger partial charge in [-0.2, -0.15) is 5.10 Å². The molecule has 0 aliphatic heterocycles. The van der Waals surface area contributed by atoms with Gasteiger partial charge in [-0.1, -0.05) is 33.0 Å². The van der Waals surface area contributed by atoms with Crippen LogP contribution in [0.1, 0.15) is 26.5 Å². The van der Waals surface area contributed by atoms with E-state index in [1.54, 1.807) is 4.68 Å². The molecule has 0 radical (unpaired) electrons. The highest BCUT2D eigenvalue weighted by atomic mass is 79.9. The van der Waals surface area contributed by atoms with Crippen molar-refractivity contribution in [3.8, 4) is 11.5 Å². The Bertz CT molecular complexity index is 636. The first-order valence-corrected chi connectivity index (χ1v) is 6.79. The molecule has 1 N–H and O–H groups in total. The van der Waals surface area contributed by atoms with Gasteiger partial charge in [0, 0.05) is 24.4 Å². The Morgan fingerprint density at radius 2 is 2.06 bits per heavy atom. The van der Waals surface area contributed by atoms with E-state index >= 15 is 0 Å². The lowest BCUT2D eigenvalue weighted by molar-refractivity contribution is 0.563. The Hall–Kier alpha value is -1.01. The zero-order chi connectivity index (χ0) is 13.5. The molecule has 2 aromatic rings. The summed E-state index contributed by atoms with van der Waals surface area (Å²) in [7, 11) is 1.88. The van der Waals surface area contributed by atoms with Crippen LogP contribution in [-0.4, -0.2) is 19.7 Å². The smallest absolute Gasteiger partial charge is 0.159 e. The number of aromatic amines is 1. The molecule has 0 atom stereocenters. The van der Waals surface area contributed by atoms with Crippen molar-refractivity contribution in [2.24, 2.45) is 7.05 Å². The van der Waals surface area contributed by atoms with Crippen molar-refractivity contribution in [1.29, 1.82) is 0 Å². The highest BCUT2D eigenvalue weighted by Crippen LogP contribution is 2.29. The maximum absolute atomic E-state index is 5.29. The maximum Gasteiger partial charge on any atom is 0.159 e.